The maximum Gasteiger partial charge on any atom is 0.261 e. The normalized spacial score (nSPS) is 18.4. The van der Waals surface area contributed by atoms with Crippen LogP contribution in [0.3, 0.4) is 0 Å². The highest BCUT2D eigenvalue weighted by Crippen LogP contribution is 2.54. The molecule has 2 aliphatic rings. The summed E-state index contributed by atoms with van der Waals surface area (Å²) in [5.41, 5.74) is 4.99. The van der Waals surface area contributed by atoms with E-state index >= 15 is 0 Å². The Morgan fingerprint density at radius 1 is 0.640 bits per heavy atom. The minimum absolute atomic E-state index is 0.0957. The van der Waals surface area contributed by atoms with E-state index < -0.39 is 5.41 Å². The predicted octanol–water partition coefficient (Wildman–Crippen LogP) is 4.00. The molecule has 1 saturated carbocycles. The Bertz CT molecular complexity index is 800. The number of hydrogen-bond donors (Lipinski definition) is 0. The zero-order chi connectivity index (χ0) is 17.9. The highest BCUT2D eigenvalue weighted by atomic mass is 16.2. The van der Waals surface area contributed by atoms with Crippen molar-refractivity contribution >= 4 is 23.2 Å². The van der Waals surface area contributed by atoms with Crippen molar-refractivity contribution in [1.29, 1.82) is 0 Å². The highest BCUT2D eigenvalue weighted by Gasteiger charge is 2.66. The van der Waals surface area contributed by atoms with Gasteiger partial charge in [-0.05, 0) is 87.1 Å². The third-order valence-electron chi connectivity index (χ3n) is 5.06. The Labute approximate surface area is 148 Å². The molecule has 1 aliphatic carbocycles. The first kappa shape index (κ1) is 15.9. The lowest BCUT2D eigenvalue weighted by Crippen LogP contribution is -2.41. The summed E-state index contributed by atoms with van der Waals surface area (Å²) in [4.78, 5) is 26.3. The summed E-state index contributed by atoms with van der Waals surface area (Å²) in [6.45, 7) is 8.03. The Balaban J connectivity index is 1.89. The van der Waals surface area contributed by atoms with Gasteiger partial charge in [0.15, 0.2) is 0 Å². The maximum absolute atomic E-state index is 13.1. The Morgan fingerprint density at radius 3 is 1.24 bits per heavy atom. The molecule has 128 valence electrons. The van der Waals surface area contributed by atoms with E-state index in [0.29, 0.717) is 12.8 Å². The van der Waals surface area contributed by atoms with Crippen LogP contribution in [0, 0.1) is 33.1 Å². The van der Waals surface area contributed by atoms with Crippen LogP contribution in [-0.2, 0) is 9.59 Å². The SMILES string of the molecule is Cc1cc(C)cc(N2C(=O)C3(CC3)C(=O)N2c2cc(C)cc(C)c2)c1. The van der Waals surface area contributed by atoms with E-state index in [4.69, 9.17) is 0 Å². The molecule has 2 amide bonds. The zero-order valence-corrected chi connectivity index (χ0v) is 15.1. The van der Waals surface area contributed by atoms with Crippen LogP contribution in [-0.4, -0.2) is 11.8 Å². The molecule has 0 unspecified atom stereocenters. The number of aryl methyl sites for hydroxylation is 4. The topological polar surface area (TPSA) is 40.6 Å². The number of anilines is 2. The van der Waals surface area contributed by atoms with E-state index in [2.05, 4.69) is 12.1 Å². The smallest absolute Gasteiger partial charge is 0.261 e. The molecule has 2 aromatic rings. The molecular formula is C21H22N2O2. The molecule has 0 aromatic heterocycles. The van der Waals surface area contributed by atoms with Gasteiger partial charge in [0.2, 0.25) is 0 Å². The molecule has 1 heterocycles. The maximum atomic E-state index is 13.1. The third kappa shape index (κ3) is 2.36. The summed E-state index contributed by atoms with van der Waals surface area (Å²) >= 11 is 0. The minimum Gasteiger partial charge on any atom is -0.271 e. The van der Waals surface area contributed by atoms with Crippen molar-refractivity contribution in [2.45, 2.75) is 40.5 Å². The van der Waals surface area contributed by atoms with Crippen LogP contribution in [0.25, 0.3) is 0 Å². The summed E-state index contributed by atoms with van der Waals surface area (Å²) < 4.78 is 0. The third-order valence-corrected chi connectivity index (χ3v) is 5.06. The van der Waals surface area contributed by atoms with E-state index in [-0.39, 0.29) is 11.8 Å². The molecule has 4 heteroatoms. The van der Waals surface area contributed by atoms with Gasteiger partial charge in [-0.15, -0.1) is 0 Å². The number of hydrazine groups is 1. The first-order valence-electron chi connectivity index (χ1n) is 8.67. The van der Waals surface area contributed by atoms with Crippen LogP contribution < -0.4 is 10.0 Å². The van der Waals surface area contributed by atoms with Gasteiger partial charge in [-0.3, -0.25) is 9.59 Å². The van der Waals surface area contributed by atoms with Crippen molar-refractivity contribution in [3.8, 4) is 0 Å². The van der Waals surface area contributed by atoms with Crippen LogP contribution >= 0.6 is 0 Å². The molecule has 0 atom stereocenters. The van der Waals surface area contributed by atoms with Crippen LogP contribution in [0.1, 0.15) is 35.1 Å². The molecular weight excluding hydrogens is 312 g/mol. The molecule has 1 spiro atoms. The lowest BCUT2D eigenvalue weighted by atomic mass is 10.1. The van der Waals surface area contributed by atoms with Crippen LogP contribution in [0.15, 0.2) is 36.4 Å². The lowest BCUT2D eigenvalue weighted by Gasteiger charge is -2.28. The number of benzene rings is 2. The van der Waals surface area contributed by atoms with Crippen LogP contribution in [0.5, 0.6) is 0 Å². The minimum atomic E-state index is -0.838. The van der Waals surface area contributed by atoms with Crippen LogP contribution in [0.4, 0.5) is 11.4 Å². The molecule has 0 bridgehead atoms. The fourth-order valence-corrected chi connectivity index (χ4v) is 3.84. The average molecular weight is 334 g/mol. The molecule has 4 nitrogen and oxygen atoms in total. The summed E-state index contributed by atoms with van der Waals surface area (Å²) in [5, 5.41) is 3.17. The van der Waals surface area contributed by atoms with Crippen molar-refractivity contribution < 1.29 is 9.59 Å². The fraction of sp³-hybridized carbons (Fsp3) is 0.333. The van der Waals surface area contributed by atoms with E-state index in [0.717, 1.165) is 33.6 Å². The predicted molar refractivity (Wildman–Crippen MR) is 98.5 cm³/mol. The average Bonchev–Trinajstić information content (AvgIpc) is 3.27. The molecule has 4 rings (SSSR count). The molecule has 2 fully saturated rings. The summed E-state index contributed by atoms with van der Waals surface area (Å²) in [7, 11) is 0. The van der Waals surface area contributed by atoms with Gasteiger partial charge in [0, 0.05) is 0 Å². The zero-order valence-electron chi connectivity index (χ0n) is 15.1. The Morgan fingerprint density at radius 2 is 0.960 bits per heavy atom. The largest absolute Gasteiger partial charge is 0.271 e. The van der Waals surface area contributed by atoms with E-state index in [9.17, 15) is 9.59 Å². The van der Waals surface area contributed by atoms with Crippen molar-refractivity contribution in [1.82, 2.24) is 0 Å². The van der Waals surface area contributed by atoms with Gasteiger partial charge in [-0.1, -0.05) is 12.1 Å². The van der Waals surface area contributed by atoms with Gasteiger partial charge < -0.3 is 0 Å². The van der Waals surface area contributed by atoms with Gasteiger partial charge in [0.1, 0.15) is 5.41 Å². The standard InChI is InChI=1S/C21H22N2O2/c1-13-7-14(2)10-17(9-13)22-19(24)21(5-6-21)20(25)23(22)18-11-15(3)8-16(4)12-18/h7-12H,5-6H2,1-4H3. The Kier molecular flexibility index (Phi) is 3.29. The van der Waals surface area contributed by atoms with Crippen LogP contribution in [0.2, 0.25) is 0 Å². The van der Waals surface area contributed by atoms with Gasteiger partial charge >= 0.3 is 0 Å². The number of nitrogens with zero attached hydrogens (tertiary/aromatic N) is 2. The molecule has 0 radical (unpaired) electrons. The second kappa shape index (κ2) is 5.19. The number of rotatable bonds is 2. The molecule has 25 heavy (non-hydrogen) atoms. The molecule has 1 aliphatic heterocycles. The fourth-order valence-electron chi connectivity index (χ4n) is 3.84. The number of amides is 2. The van der Waals surface area contributed by atoms with Crippen molar-refractivity contribution in [3.05, 3.63) is 58.7 Å². The summed E-state index contributed by atoms with van der Waals surface area (Å²) in [6.07, 6.45) is 1.29. The number of carbonyl (C=O) groups is 2. The number of hydrogen-bond acceptors (Lipinski definition) is 2. The number of carbonyl (C=O) groups excluding carboxylic acids is 2. The Hall–Kier alpha value is -2.62. The van der Waals surface area contributed by atoms with E-state index in [1.54, 1.807) is 10.0 Å². The van der Waals surface area contributed by atoms with Gasteiger partial charge in [0.25, 0.3) is 11.8 Å². The first-order valence-corrected chi connectivity index (χ1v) is 8.67. The van der Waals surface area contributed by atoms with Crippen molar-refractivity contribution in [2.24, 2.45) is 5.41 Å². The van der Waals surface area contributed by atoms with Crippen molar-refractivity contribution in [2.75, 3.05) is 10.0 Å². The van der Waals surface area contributed by atoms with Gasteiger partial charge in [-0.25, -0.2) is 10.0 Å². The van der Waals surface area contributed by atoms with Crippen molar-refractivity contribution in [3.63, 3.8) is 0 Å². The summed E-state index contributed by atoms with van der Waals surface area (Å²) in [5.74, 6) is -0.191. The quantitative estimate of drug-likeness (QED) is 0.779. The lowest BCUT2D eigenvalue weighted by molar-refractivity contribution is -0.128. The molecule has 2 aromatic carbocycles. The van der Waals surface area contributed by atoms with E-state index in [1.807, 2.05) is 52.0 Å². The second-order valence-electron chi connectivity index (χ2n) is 7.51. The van der Waals surface area contributed by atoms with Gasteiger partial charge in [0.05, 0.1) is 11.4 Å². The second-order valence-corrected chi connectivity index (χ2v) is 7.51. The summed E-state index contributed by atoms with van der Waals surface area (Å²) in [6, 6.07) is 12.0. The highest BCUT2D eigenvalue weighted by molar-refractivity contribution is 6.27. The van der Waals surface area contributed by atoms with Gasteiger partial charge in [-0.2, -0.15) is 0 Å². The molecule has 1 saturated heterocycles. The van der Waals surface area contributed by atoms with E-state index in [1.165, 1.54) is 0 Å². The molecule has 0 N–H and O–H groups in total. The first-order chi connectivity index (χ1) is 11.8. The monoisotopic (exact) mass is 334 g/mol.